The Morgan fingerprint density at radius 1 is 1.00 bits per heavy atom. The molecule has 160 valence electrons. The summed E-state index contributed by atoms with van der Waals surface area (Å²) in [7, 11) is 0. The van der Waals surface area contributed by atoms with Gasteiger partial charge in [-0.05, 0) is 40.3 Å². The molecule has 0 aromatic heterocycles. The second-order valence-electron chi connectivity index (χ2n) is 7.94. The zero-order valence-electron chi connectivity index (χ0n) is 17.5. The predicted octanol–water partition coefficient (Wildman–Crippen LogP) is 5.30. The summed E-state index contributed by atoms with van der Waals surface area (Å²) in [5.74, 6) is -0.216. The zero-order chi connectivity index (χ0) is 21.9. The third kappa shape index (κ3) is 3.89. The molecule has 0 atom stereocenters. The first-order chi connectivity index (χ1) is 15.7. The van der Waals surface area contributed by atoms with Gasteiger partial charge in [-0.15, -0.1) is 0 Å². The Bertz CT molecular complexity index is 1170. The Balaban J connectivity index is 1.11. The molecule has 0 fully saturated rings. The molecule has 5 heteroatoms. The normalized spacial score (nSPS) is 14.1. The van der Waals surface area contributed by atoms with E-state index in [0.29, 0.717) is 31.7 Å². The van der Waals surface area contributed by atoms with Crippen LogP contribution in [0.4, 0.5) is 4.79 Å². The average molecular weight is 425 g/mol. The predicted molar refractivity (Wildman–Crippen MR) is 122 cm³/mol. The summed E-state index contributed by atoms with van der Waals surface area (Å²) in [6.07, 6.45) is 4.14. The van der Waals surface area contributed by atoms with Crippen molar-refractivity contribution < 1.29 is 19.1 Å². The van der Waals surface area contributed by atoms with E-state index in [1.165, 1.54) is 22.3 Å². The van der Waals surface area contributed by atoms with Gasteiger partial charge in [-0.2, -0.15) is 0 Å². The lowest BCUT2D eigenvalue weighted by molar-refractivity contribution is 0.0535. The molecule has 0 unspecified atom stereocenters. The lowest BCUT2D eigenvalue weighted by Crippen LogP contribution is -2.26. The molecule has 0 saturated heterocycles. The maximum atomic E-state index is 12.2. The topological polar surface area (TPSA) is 64.6 Å². The number of cyclic esters (lactones) is 1. The molecule has 32 heavy (non-hydrogen) atoms. The van der Waals surface area contributed by atoms with Crippen molar-refractivity contribution in [3.05, 3.63) is 101 Å². The van der Waals surface area contributed by atoms with E-state index in [9.17, 15) is 9.59 Å². The Morgan fingerprint density at radius 2 is 1.72 bits per heavy atom. The number of ether oxygens (including phenoxy) is 2. The zero-order valence-corrected chi connectivity index (χ0v) is 17.5. The number of carbonyl (C=O) groups is 2. The summed E-state index contributed by atoms with van der Waals surface area (Å²) >= 11 is 0. The summed E-state index contributed by atoms with van der Waals surface area (Å²) in [6.45, 7) is 1.13. The highest BCUT2D eigenvalue weighted by atomic mass is 16.5. The molecule has 1 N–H and O–H groups in total. The lowest BCUT2D eigenvalue weighted by atomic mass is 9.98. The molecule has 3 aromatic rings. The van der Waals surface area contributed by atoms with Gasteiger partial charge in [0.2, 0.25) is 0 Å². The summed E-state index contributed by atoms with van der Waals surface area (Å²) < 4.78 is 10.6. The molecule has 1 aliphatic heterocycles. The van der Waals surface area contributed by atoms with Crippen molar-refractivity contribution in [2.45, 2.75) is 18.9 Å². The third-order valence-electron chi connectivity index (χ3n) is 5.95. The molecular formula is C27H23NO4. The second kappa shape index (κ2) is 8.71. The maximum Gasteiger partial charge on any atom is 0.407 e. The first-order valence-electron chi connectivity index (χ1n) is 10.8. The summed E-state index contributed by atoms with van der Waals surface area (Å²) in [6, 6.07) is 22.2. The number of carbonyl (C=O) groups excluding carboxylic acids is 2. The van der Waals surface area contributed by atoms with E-state index >= 15 is 0 Å². The van der Waals surface area contributed by atoms with Crippen molar-refractivity contribution in [2.75, 3.05) is 13.2 Å². The quantitative estimate of drug-likeness (QED) is 0.430. The fourth-order valence-electron chi connectivity index (χ4n) is 4.36. The second-order valence-corrected chi connectivity index (χ2v) is 7.94. The van der Waals surface area contributed by atoms with Gasteiger partial charge in [-0.1, -0.05) is 72.8 Å². The van der Waals surface area contributed by atoms with Crippen molar-refractivity contribution >= 4 is 18.1 Å². The van der Waals surface area contributed by atoms with E-state index in [1.807, 2.05) is 54.6 Å². The molecule has 2 aliphatic rings. The highest BCUT2D eigenvalue weighted by Crippen LogP contribution is 2.44. The van der Waals surface area contributed by atoms with Gasteiger partial charge >= 0.3 is 12.1 Å². The van der Waals surface area contributed by atoms with Crippen molar-refractivity contribution in [3.63, 3.8) is 0 Å². The van der Waals surface area contributed by atoms with Crippen LogP contribution in [-0.4, -0.2) is 25.2 Å². The van der Waals surface area contributed by atoms with E-state index in [0.717, 1.165) is 11.1 Å². The number of esters is 1. The van der Waals surface area contributed by atoms with Gasteiger partial charge in [-0.3, -0.25) is 0 Å². The largest absolute Gasteiger partial charge is 0.457 e. The monoisotopic (exact) mass is 425 g/mol. The number of hydrogen-bond donors (Lipinski definition) is 1. The van der Waals surface area contributed by atoms with Gasteiger partial charge in [0, 0.05) is 18.0 Å². The van der Waals surface area contributed by atoms with E-state index in [4.69, 9.17) is 9.47 Å². The van der Waals surface area contributed by atoms with Crippen LogP contribution in [0.1, 0.15) is 45.0 Å². The average Bonchev–Trinajstić information content (AvgIpc) is 3.35. The van der Waals surface area contributed by atoms with Crippen LogP contribution in [0.15, 0.2) is 72.8 Å². The molecule has 1 heterocycles. The highest BCUT2D eigenvalue weighted by Gasteiger charge is 2.28. The Hall–Kier alpha value is -3.86. The Labute approximate surface area is 186 Å². The van der Waals surface area contributed by atoms with E-state index in [-0.39, 0.29) is 11.9 Å². The number of amides is 1. The third-order valence-corrected chi connectivity index (χ3v) is 5.95. The molecular weight excluding hydrogens is 402 g/mol. The van der Waals surface area contributed by atoms with Crippen LogP contribution in [0, 0.1) is 0 Å². The molecule has 5 nitrogen and oxygen atoms in total. The fourth-order valence-corrected chi connectivity index (χ4v) is 4.36. The van der Waals surface area contributed by atoms with Gasteiger partial charge in [0.1, 0.15) is 13.2 Å². The summed E-state index contributed by atoms with van der Waals surface area (Å²) in [5, 5.41) is 2.80. The first kappa shape index (κ1) is 20.1. The molecule has 1 aliphatic carbocycles. The Kier molecular flexibility index (Phi) is 5.46. The molecule has 0 radical (unpaired) electrons. The van der Waals surface area contributed by atoms with Crippen LogP contribution < -0.4 is 5.32 Å². The van der Waals surface area contributed by atoms with Gasteiger partial charge < -0.3 is 14.8 Å². The van der Waals surface area contributed by atoms with Gasteiger partial charge in [0.15, 0.2) is 0 Å². The van der Waals surface area contributed by atoms with Gasteiger partial charge in [0.05, 0.1) is 5.56 Å². The van der Waals surface area contributed by atoms with Crippen LogP contribution in [0.3, 0.4) is 0 Å². The summed E-state index contributed by atoms with van der Waals surface area (Å²) in [4.78, 5) is 23.9. The number of fused-ring (bicyclic) bond motifs is 4. The molecule has 0 bridgehead atoms. The number of benzene rings is 3. The molecule has 1 amide bonds. The van der Waals surface area contributed by atoms with Crippen LogP contribution in [-0.2, 0) is 16.1 Å². The fraction of sp³-hybridized carbons (Fsp3) is 0.185. The number of hydrogen-bond acceptors (Lipinski definition) is 4. The molecule has 0 spiro atoms. The van der Waals surface area contributed by atoms with Crippen LogP contribution in [0.5, 0.6) is 0 Å². The lowest BCUT2D eigenvalue weighted by Gasteiger charge is -2.14. The van der Waals surface area contributed by atoms with Crippen molar-refractivity contribution in [2.24, 2.45) is 0 Å². The first-order valence-corrected chi connectivity index (χ1v) is 10.8. The van der Waals surface area contributed by atoms with Crippen molar-refractivity contribution in [1.29, 1.82) is 0 Å². The standard InChI is InChI=1S/C27H23NO4/c29-26-24-15-18(12-13-19(24)16-31-26)7-5-6-14-28-27(30)32-17-25-22-10-3-1-8-20(22)21-9-2-4-11-23(21)25/h1-5,7-13,15,25H,6,14,16-17H2,(H,28,30). The van der Waals surface area contributed by atoms with Gasteiger partial charge in [0.25, 0.3) is 0 Å². The van der Waals surface area contributed by atoms with E-state index in [2.05, 4.69) is 29.6 Å². The van der Waals surface area contributed by atoms with E-state index < -0.39 is 6.09 Å². The molecule has 3 aromatic carbocycles. The van der Waals surface area contributed by atoms with Crippen molar-refractivity contribution in [1.82, 2.24) is 5.32 Å². The highest BCUT2D eigenvalue weighted by molar-refractivity contribution is 5.94. The minimum atomic E-state index is -0.416. The number of alkyl carbamates (subject to hydrolysis) is 1. The summed E-state index contributed by atoms with van der Waals surface area (Å²) in [5.41, 5.74) is 7.30. The maximum absolute atomic E-state index is 12.2. The van der Waals surface area contributed by atoms with E-state index in [1.54, 1.807) is 0 Å². The minimum Gasteiger partial charge on any atom is -0.457 e. The Morgan fingerprint density at radius 3 is 2.47 bits per heavy atom. The molecule has 0 saturated carbocycles. The molecule has 5 rings (SSSR count). The van der Waals surface area contributed by atoms with Crippen LogP contribution >= 0.6 is 0 Å². The SMILES string of the molecule is O=C(NCCC=Cc1ccc2c(c1)C(=O)OC2)OCC1c2ccccc2-c2ccccc21. The van der Waals surface area contributed by atoms with Crippen LogP contribution in [0.25, 0.3) is 17.2 Å². The minimum absolute atomic E-state index is 0.0551. The van der Waals surface area contributed by atoms with Crippen LogP contribution in [0.2, 0.25) is 0 Å². The smallest absolute Gasteiger partial charge is 0.407 e. The number of rotatable bonds is 6. The van der Waals surface area contributed by atoms with Crippen molar-refractivity contribution in [3.8, 4) is 11.1 Å². The number of nitrogens with one attached hydrogen (secondary N) is 1. The van der Waals surface area contributed by atoms with Gasteiger partial charge in [-0.25, -0.2) is 9.59 Å².